The lowest BCUT2D eigenvalue weighted by molar-refractivity contribution is 0.306. The fraction of sp³-hybridized carbons (Fsp3) is 0.105. The van der Waals surface area contributed by atoms with Crippen molar-refractivity contribution < 1.29 is 4.74 Å². The lowest BCUT2D eigenvalue weighted by Crippen LogP contribution is -2.10. The highest BCUT2D eigenvalue weighted by atomic mass is 16.5. The molecular weight excluding hydrogens is 316 g/mol. The average molecular weight is 334 g/mol. The van der Waals surface area contributed by atoms with Crippen LogP contribution in [-0.4, -0.2) is 16.2 Å². The van der Waals surface area contributed by atoms with Crippen LogP contribution in [0.3, 0.4) is 0 Å². The molecule has 6 heteroatoms. The van der Waals surface area contributed by atoms with Gasteiger partial charge >= 0.3 is 0 Å². The van der Waals surface area contributed by atoms with Crippen molar-refractivity contribution in [2.24, 2.45) is 5.10 Å². The van der Waals surface area contributed by atoms with E-state index in [-0.39, 0.29) is 5.56 Å². The van der Waals surface area contributed by atoms with Crippen molar-refractivity contribution in [3.8, 4) is 5.75 Å². The average Bonchev–Trinajstić information content (AvgIpc) is 2.61. The van der Waals surface area contributed by atoms with Gasteiger partial charge in [0.05, 0.1) is 6.21 Å². The van der Waals surface area contributed by atoms with Gasteiger partial charge in [-0.1, -0.05) is 30.3 Å². The topological polar surface area (TPSA) is 79.4 Å². The monoisotopic (exact) mass is 334 g/mol. The largest absolute Gasteiger partial charge is 0.489 e. The van der Waals surface area contributed by atoms with E-state index in [1.807, 2.05) is 54.6 Å². The number of aromatic amines is 1. The van der Waals surface area contributed by atoms with Crippen molar-refractivity contribution >= 4 is 12.2 Å². The van der Waals surface area contributed by atoms with E-state index < -0.39 is 0 Å². The lowest BCUT2D eigenvalue weighted by Gasteiger charge is -2.06. The standard InChI is InChI=1S/C19H18N4O2/c1-14-11-18(24)22-19(21-14)23-20-12-15-7-9-17(10-8-15)25-13-16-5-3-2-4-6-16/h2-12H,13H2,1H3,(H2,21,22,23,24)/b20-12-. The van der Waals surface area contributed by atoms with Crippen LogP contribution in [0.2, 0.25) is 0 Å². The van der Waals surface area contributed by atoms with Crippen LogP contribution in [0.25, 0.3) is 0 Å². The van der Waals surface area contributed by atoms with Crippen LogP contribution in [0, 0.1) is 6.92 Å². The van der Waals surface area contributed by atoms with Gasteiger partial charge in [-0.2, -0.15) is 5.10 Å². The molecule has 1 aromatic heterocycles. The third-order valence-corrected chi connectivity index (χ3v) is 3.38. The molecule has 0 fully saturated rings. The number of rotatable bonds is 6. The minimum Gasteiger partial charge on any atom is -0.489 e. The summed E-state index contributed by atoms with van der Waals surface area (Å²) in [5.41, 5.74) is 5.14. The lowest BCUT2D eigenvalue weighted by atomic mass is 10.2. The molecule has 3 rings (SSSR count). The van der Waals surface area contributed by atoms with Gasteiger partial charge in [0.15, 0.2) is 0 Å². The number of hydrogen-bond acceptors (Lipinski definition) is 5. The summed E-state index contributed by atoms with van der Waals surface area (Å²) in [6, 6.07) is 19.0. The summed E-state index contributed by atoms with van der Waals surface area (Å²) in [5, 5.41) is 4.07. The summed E-state index contributed by atoms with van der Waals surface area (Å²) in [4.78, 5) is 18.0. The minimum absolute atomic E-state index is 0.217. The van der Waals surface area contributed by atoms with Crippen molar-refractivity contribution in [3.05, 3.63) is 87.8 Å². The van der Waals surface area contributed by atoms with Crippen LogP contribution in [0.5, 0.6) is 5.75 Å². The SMILES string of the molecule is Cc1cc(=O)[nH]c(N/N=C\c2ccc(OCc3ccccc3)cc2)n1. The molecule has 0 saturated heterocycles. The van der Waals surface area contributed by atoms with Gasteiger partial charge in [-0.15, -0.1) is 0 Å². The summed E-state index contributed by atoms with van der Waals surface area (Å²) in [5.74, 6) is 1.10. The first kappa shape index (κ1) is 16.4. The summed E-state index contributed by atoms with van der Waals surface area (Å²) in [6.07, 6.45) is 1.64. The number of anilines is 1. The second-order valence-electron chi connectivity index (χ2n) is 5.45. The molecule has 3 aromatic rings. The van der Waals surface area contributed by atoms with Gasteiger partial charge < -0.3 is 4.74 Å². The molecule has 0 saturated carbocycles. The van der Waals surface area contributed by atoms with Gasteiger partial charge in [-0.3, -0.25) is 9.78 Å². The Morgan fingerprint density at radius 1 is 1.16 bits per heavy atom. The molecular formula is C19H18N4O2. The van der Waals surface area contributed by atoms with Crippen LogP contribution < -0.4 is 15.7 Å². The summed E-state index contributed by atoms with van der Waals surface area (Å²) >= 11 is 0. The highest BCUT2D eigenvalue weighted by molar-refractivity contribution is 5.80. The van der Waals surface area contributed by atoms with Gasteiger partial charge in [0.25, 0.3) is 5.56 Å². The van der Waals surface area contributed by atoms with Crippen LogP contribution in [-0.2, 0) is 6.61 Å². The maximum atomic E-state index is 11.3. The first-order valence-corrected chi connectivity index (χ1v) is 7.83. The van der Waals surface area contributed by atoms with Gasteiger partial charge in [-0.25, -0.2) is 10.4 Å². The predicted octanol–water partition coefficient (Wildman–Crippen LogP) is 3.10. The second-order valence-corrected chi connectivity index (χ2v) is 5.45. The molecule has 0 radical (unpaired) electrons. The second kappa shape index (κ2) is 7.92. The van der Waals surface area contributed by atoms with Crippen molar-refractivity contribution in [1.29, 1.82) is 0 Å². The van der Waals surface area contributed by atoms with E-state index in [9.17, 15) is 4.79 Å². The highest BCUT2D eigenvalue weighted by Crippen LogP contribution is 2.13. The molecule has 25 heavy (non-hydrogen) atoms. The molecule has 0 unspecified atom stereocenters. The third-order valence-electron chi connectivity index (χ3n) is 3.38. The fourth-order valence-electron chi connectivity index (χ4n) is 2.19. The molecule has 0 aliphatic rings. The van der Waals surface area contributed by atoms with E-state index in [0.717, 1.165) is 16.9 Å². The Hall–Kier alpha value is -3.41. The Morgan fingerprint density at radius 3 is 2.64 bits per heavy atom. The zero-order valence-corrected chi connectivity index (χ0v) is 13.8. The third kappa shape index (κ3) is 5.04. The number of nitrogens with zero attached hydrogens (tertiary/aromatic N) is 2. The van der Waals surface area contributed by atoms with Gasteiger partial charge in [-0.05, 0) is 42.3 Å². The molecule has 2 N–H and O–H groups in total. The van der Waals surface area contributed by atoms with E-state index in [2.05, 4.69) is 20.5 Å². The molecule has 0 aliphatic heterocycles. The van der Waals surface area contributed by atoms with Crippen molar-refractivity contribution in [1.82, 2.24) is 9.97 Å². The van der Waals surface area contributed by atoms with E-state index >= 15 is 0 Å². The number of aromatic nitrogens is 2. The number of aryl methyl sites for hydroxylation is 1. The number of hydrogen-bond donors (Lipinski definition) is 2. The molecule has 0 amide bonds. The molecule has 0 atom stereocenters. The van der Waals surface area contributed by atoms with Crippen LogP contribution >= 0.6 is 0 Å². The number of nitrogens with one attached hydrogen (secondary N) is 2. The Morgan fingerprint density at radius 2 is 1.92 bits per heavy atom. The van der Waals surface area contributed by atoms with Gasteiger partial charge in [0, 0.05) is 11.8 Å². The molecule has 0 spiro atoms. The maximum Gasteiger partial charge on any atom is 0.252 e. The molecule has 6 nitrogen and oxygen atoms in total. The van der Waals surface area contributed by atoms with E-state index in [1.54, 1.807) is 13.1 Å². The summed E-state index contributed by atoms with van der Waals surface area (Å²) in [7, 11) is 0. The quantitative estimate of drug-likeness (QED) is 0.536. The molecule has 0 aliphatic carbocycles. The number of ether oxygens (including phenoxy) is 1. The predicted molar refractivity (Wildman–Crippen MR) is 98.0 cm³/mol. The highest BCUT2D eigenvalue weighted by Gasteiger charge is 1.97. The van der Waals surface area contributed by atoms with E-state index in [4.69, 9.17) is 4.74 Å². The number of hydrazone groups is 1. The van der Waals surface area contributed by atoms with E-state index in [1.165, 1.54) is 6.07 Å². The maximum absolute atomic E-state index is 11.3. The molecule has 126 valence electrons. The van der Waals surface area contributed by atoms with Crippen molar-refractivity contribution in [2.75, 3.05) is 5.43 Å². The van der Waals surface area contributed by atoms with Crippen molar-refractivity contribution in [2.45, 2.75) is 13.5 Å². The Labute approximate surface area is 145 Å². The summed E-state index contributed by atoms with van der Waals surface area (Å²) in [6.45, 7) is 2.28. The van der Waals surface area contributed by atoms with Crippen LogP contribution in [0.1, 0.15) is 16.8 Å². The van der Waals surface area contributed by atoms with Gasteiger partial charge in [0.1, 0.15) is 12.4 Å². The number of benzene rings is 2. The van der Waals surface area contributed by atoms with E-state index in [0.29, 0.717) is 18.2 Å². The zero-order chi connectivity index (χ0) is 17.5. The minimum atomic E-state index is -0.217. The zero-order valence-electron chi connectivity index (χ0n) is 13.8. The number of H-pyrrole nitrogens is 1. The molecule has 1 heterocycles. The molecule has 2 aromatic carbocycles. The molecule has 0 bridgehead atoms. The summed E-state index contributed by atoms with van der Waals surface area (Å²) < 4.78 is 5.74. The van der Waals surface area contributed by atoms with Gasteiger partial charge in [0.2, 0.25) is 5.95 Å². The first-order valence-electron chi connectivity index (χ1n) is 7.83. The Bertz CT molecular complexity index is 903. The Kier molecular flexibility index (Phi) is 5.21. The Balaban J connectivity index is 1.56. The fourth-order valence-corrected chi connectivity index (χ4v) is 2.19. The normalized spacial score (nSPS) is 10.8. The van der Waals surface area contributed by atoms with Crippen LogP contribution in [0.15, 0.2) is 70.6 Å². The van der Waals surface area contributed by atoms with Crippen molar-refractivity contribution in [3.63, 3.8) is 0 Å². The smallest absolute Gasteiger partial charge is 0.252 e. The first-order chi connectivity index (χ1) is 12.2. The van der Waals surface area contributed by atoms with Crippen LogP contribution in [0.4, 0.5) is 5.95 Å².